The van der Waals surface area contributed by atoms with E-state index in [9.17, 15) is 4.79 Å². The minimum absolute atomic E-state index is 0.0330. The predicted octanol–water partition coefficient (Wildman–Crippen LogP) is 0.677. The zero-order valence-corrected chi connectivity index (χ0v) is 8.23. The molecule has 0 aliphatic carbocycles. The molecule has 1 saturated heterocycles. The van der Waals surface area contributed by atoms with Crippen LogP contribution in [0.4, 0.5) is 0 Å². The fourth-order valence-corrected chi connectivity index (χ4v) is 1.67. The van der Waals surface area contributed by atoms with Gasteiger partial charge < -0.3 is 4.90 Å². The second-order valence-corrected chi connectivity index (χ2v) is 3.81. The van der Waals surface area contributed by atoms with Crippen molar-refractivity contribution < 1.29 is 4.79 Å². The second-order valence-electron chi connectivity index (χ2n) is 3.81. The van der Waals surface area contributed by atoms with E-state index in [2.05, 4.69) is 22.1 Å². The zero-order chi connectivity index (χ0) is 9.97. The summed E-state index contributed by atoms with van der Waals surface area (Å²) in [7, 11) is 0. The van der Waals surface area contributed by atoms with Crippen molar-refractivity contribution in [3.05, 3.63) is 12.2 Å². The van der Waals surface area contributed by atoms with E-state index in [0.29, 0.717) is 5.82 Å². The number of H-pyrrole nitrogens is 1. The van der Waals surface area contributed by atoms with E-state index in [-0.39, 0.29) is 5.91 Å². The first-order valence-corrected chi connectivity index (χ1v) is 4.92. The third-order valence-corrected chi connectivity index (χ3v) is 2.69. The molecule has 0 aromatic carbocycles. The Labute approximate surface area is 82.5 Å². The van der Waals surface area contributed by atoms with Gasteiger partial charge in [-0.3, -0.25) is 9.89 Å². The molecule has 2 heterocycles. The maximum absolute atomic E-state index is 11.8. The summed E-state index contributed by atoms with van der Waals surface area (Å²) in [5.41, 5.74) is 0. The summed E-state index contributed by atoms with van der Waals surface area (Å²) in [5.74, 6) is 1.04. The van der Waals surface area contributed by atoms with Crippen molar-refractivity contribution in [2.24, 2.45) is 5.92 Å². The fourth-order valence-electron chi connectivity index (χ4n) is 1.67. The molecular formula is C9H14N4O. The molecule has 5 heteroatoms. The molecule has 1 N–H and O–H groups in total. The van der Waals surface area contributed by atoms with E-state index in [4.69, 9.17) is 0 Å². The lowest BCUT2D eigenvalue weighted by Crippen LogP contribution is -2.38. The number of nitrogens with one attached hydrogen (secondary N) is 1. The molecule has 2 rings (SSSR count). The molecule has 1 aromatic heterocycles. The van der Waals surface area contributed by atoms with Crippen molar-refractivity contribution in [2.45, 2.75) is 19.8 Å². The number of likely N-dealkylation sites (tertiary alicyclic amines) is 1. The van der Waals surface area contributed by atoms with Gasteiger partial charge in [0.15, 0.2) is 0 Å². The van der Waals surface area contributed by atoms with Gasteiger partial charge in [0.05, 0.1) is 0 Å². The van der Waals surface area contributed by atoms with Gasteiger partial charge in [0, 0.05) is 13.1 Å². The lowest BCUT2D eigenvalue weighted by molar-refractivity contribution is 0.0685. The minimum atomic E-state index is -0.0330. The van der Waals surface area contributed by atoms with Gasteiger partial charge in [0.1, 0.15) is 6.33 Å². The fraction of sp³-hybridized carbons (Fsp3) is 0.667. The molecule has 1 aromatic rings. The number of aromatic amines is 1. The molecule has 0 unspecified atom stereocenters. The minimum Gasteiger partial charge on any atom is -0.336 e. The Balaban J connectivity index is 1.99. The third-order valence-electron chi connectivity index (χ3n) is 2.69. The van der Waals surface area contributed by atoms with Crippen LogP contribution in [-0.4, -0.2) is 39.1 Å². The van der Waals surface area contributed by atoms with E-state index in [1.807, 2.05) is 4.90 Å². The maximum Gasteiger partial charge on any atom is 0.291 e. The molecule has 1 fully saturated rings. The van der Waals surface area contributed by atoms with Crippen LogP contribution in [0.5, 0.6) is 0 Å². The molecule has 0 radical (unpaired) electrons. The number of hydrogen-bond acceptors (Lipinski definition) is 3. The van der Waals surface area contributed by atoms with Gasteiger partial charge in [-0.05, 0) is 18.8 Å². The van der Waals surface area contributed by atoms with Gasteiger partial charge in [0.2, 0.25) is 5.82 Å². The first-order valence-electron chi connectivity index (χ1n) is 4.92. The van der Waals surface area contributed by atoms with Crippen LogP contribution in [0.1, 0.15) is 30.4 Å². The zero-order valence-electron chi connectivity index (χ0n) is 8.23. The lowest BCUT2D eigenvalue weighted by Gasteiger charge is -2.29. The van der Waals surface area contributed by atoms with Gasteiger partial charge in [-0.2, -0.15) is 5.10 Å². The Bertz CT molecular complexity index is 301. The van der Waals surface area contributed by atoms with Crippen molar-refractivity contribution in [2.75, 3.05) is 13.1 Å². The molecule has 0 saturated carbocycles. The summed E-state index contributed by atoms with van der Waals surface area (Å²) in [6.07, 6.45) is 3.53. The smallest absolute Gasteiger partial charge is 0.291 e. The summed E-state index contributed by atoms with van der Waals surface area (Å²) in [5, 5.41) is 6.26. The summed E-state index contributed by atoms with van der Waals surface area (Å²) in [6.45, 7) is 3.89. The van der Waals surface area contributed by atoms with Crippen LogP contribution in [0.25, 0.3) is 0 Å². The molecular weight excluding hydrogens is 180 g/mol. The number of nitrogens with zero attached hydrogens (tertiary/aromatic N) is 3. The Kier molecular flexibility index (Phi) is 2.47. The first-order chi connectivity index (χ1) is 6.77. The van der Waals surface area contributed by atoms with Crippen molar-refractivity contribution in [3.8, 4) is 0 Å². The van der Waals surface area contributed by atoms with Crippen LogP contribution in [0.2, 0.25) is 0 Å². The van der Waals surface area contributed by atoms with Crippen molar-refractivity contribution >= 4 is 5.91 Å². The highest BCUT2D eigenvalue weighted by Gasteiger charge is 2.22. The number of aromatic nitrogens is 3. The monoisotopic (exact) mass is 194 g/mol. The van der Waals surface area contributed by atoms with Gasteiger partial charge >= 0.3 is 0 Å². The summed E-state index contributed by atoms with van der Waals surface area (Å²) < 4.78 is 0. The van der Waals surface area contributed by atoms with E-state index >= 15 is 0 Å². The SMILES string of the molecule is CC1CCN(C(=O)c2ncn[nH]2)CC1. The topological polar surface area (TPSA) is 61.9 Å². The molecule has 1 amide bonds. The standard InChI is InChI=1S/C9H14N4O/c1-7-2-4-13(5-3-7)9(14)8-10-6-11-12-8/h6-7H,2-5H2,1H3,(H,10,11,12). The van der Waals surface area contributed by atoms with Gasteiger partial charge in [-0.25, -0.2) is 4.98 Å². The van der Waals surface area contributed by atoms with Gasteiger partial charge in [0.25, 0.3) is 5.91 Å². The molecule has 5 nitrogen and oxygen atoms in total. The van der Waals surface area contributed by atoms with Crippen LogP contribution < -0.4 is 0 Å². The van der Waals surface area contributed by atoms with Gasteiger partial charge in [-0.1, -0.05) is 6.92 Å². The third kappa shape index (κ3) is 1.76. The van der Waals surface area contributed by atoms with Crippen molar-refractivity contribution in [1.82, 2.24) is 20.1 Å². The largest absolute Gasteiger partial charge is 0.336 e. The molecule has 0 atom stereocenters. The average Bonchev–Trinajstić information content (AvgIpc) is 2.71. The highest BCUT2D eigenvalue weighted by Crippen LogP contribution is 2.16. The second kappa shape index (κ2) is 3.77. The lowest BCUT2D eigenvalue weighted by atomic mass is 9.99. The molecule has 1 aliphatic rings. The molecule has 14 heavy (non-hydrogen) atoms. The van der Waals surface area contributed by atoms with E-state index in [1.54, 1.807) is 0 Å². The molecule has 0 bridgehead atoms. The Morgan fingerprint density at radius 2 is 2.29 bits per heavy atom. The number of carbonyl (C=O) groups is 1. The van der Waals surface area contributed by atoms with Crippen molar-refractivity contribution in [3.63, 3.8) is 0 Å². The number of carbonyl (C=O) groups excluding carboxylic acids is 1. The Hall–Kier alpha value is -1.39. The van der Waals surface area contributed by atoms with Crippen LogP contribution in [0, 0.1) is 5.92 Å². The average molecular weight is 194 g/mol. The van der Waals surface area contributed by atoms with Crippen LogP contribution in [-0.2, 0) is 0 Å². The van der Waals surface area contributed by atoms with Gasteiger partial charge in [-0.15, -0.1) is 0 Å². The number of hydrogen-bond donors (Lipinski definition) is 1. The number of amides is 1. The highest BCUT2D eigenvalue weighted by atomic mass is 16.2. The molecule has 1 aliphatic heterocycles. The number of rotatable bonds is 1. The highest BCUT2D eigenvalue weighted by molar-refractivity contribution is 5.90. The van der Waals surface area contributed by atoms with E-state index in [0.717, 1.165) is 31.8 Å². The van der Waals surface area contributed by atoms with E-state index < -0.39 is 0 Å². The van der Waals surface area contributed by atoms with Crippen LogP contribution in [0.15, 0.2) is 6.33 Å². The molecule has 0 spiro atoms. The molecule has 76 valence electrons. The normalized spacial score (nSPS) is 18.5. The quantitative estimate of drug-likeness (QED) is 0.715. The first kappa shape index (κ1) is 9.18. The summed E-state index contributed by atoms with van der Waals surface area (Å²) in [4.78, 5) is 17.4. The Morgan fingerprint density at radius 1 is 1.57 bits per heavy atom. The Morgan fingerprint density at radius 3 is 2.86 bits per heavy atom. The maximum atomic E-state index is 11.8. The van der Waals surface area contributed by atoms with Crippen LogP contribution in [0.3, 0.4) is 0 Å². The van der Waals surface area contributed by atoms with Crippen molar-refractivity contribution in [1.29, 1.82) is 0 Å². The van der Waals surface area contributed by atoms with E-state index in [1.165, 1.54) is 6.33 Å². The van der Waals surface area contributed by atoms with Crippen LogP contribution >= 0.6 is 0 Å². The number of piperidine rings is 1. The summed E-state index contributed by atoms with van der Waals surface area (Å²) in [6, 6.07) is 0. The predicted molar refractivity (Wildman–Crippen MR) is 50.7 cm³/mol. The summed E-state index contributed by atoms with van der Waals surface area (Å²) >= 11 is 0.